The minimum absolute atomic E-state index is 0.00547. The van der Waals surface area contributed by atoms with Crippen molar-refractivity contribution in [1.29, 1.82) is 0 Å². The number of rotatable bonds is 4. The number of H-pyrrole nitrogens is 2. The molecule has 0 amide bonds. The Hall–Kier alpha value is -4.53. The van der Waals surface area contributed by atoms with Crippen LogP contribution >= 0.6 is 0 Å². The summed E-state index contributed by atoms with van der Waals surface area (Å²) in [4.78, 5) is 38.6. The van der Waals surface area contributed by atoms with Crippen molar-refractivity contribution in [1.82, 2.24) is 25.1 Å². The maximum absolute atomic E-state index is 11.5. The normalized spacial score (nSPS) is 11.2. The first kappa shape index (κ1) is 19.4. The van der Waals surface area contributed by atoms with E-state index in [0.29, 0.717) is 28.4 Å². The Bertz CT molecular complexity index is 1540. The predicted molar refractivity (Wildman–Crippen MR) is 117 cm³/mol. The molecule has 2 aromatic carbocycles. The highest BCUT2D eigenvalue weighted by atomic mass is 16.5. The van der Waals surface area contributed by atoms with Crippen molar-refractivity contribution in [2.24, 2.45) is 0 Å². The van der Waals surface area contributed by atoms with Crippen LogP contribution in [0, 0.1) is 13.8 Å². The number of hydrogen-bond donors (Lipinski definition) is 3. The van der Waals surface area contributed by atoms with Crippen LogP contribution in [0.25, 0.3) is 45.1 Å². The molecule has 9 heteroatoms. The van der Waals surface area contributed by atoms with Gasteiger partial charge in [-0.2, -0.15) is 10.1 Å². The molecule has 0 saturated carbocycles. The fourth-order valence-corrected chi connectivity index (χ4v) is 3.70. The van der Waals surface area contributed by atoms with Gasteiger partial charge < -0.3 is 14.6 Å². The van der Waals surface area contributed by atoms with Crippen LogP contribution in [0.1, 0.15) is 21.6 Å². The van der Waals surface area contributed by atoms with Gasteiger partial charge in [0, 0.05) is 11.1 Å². The van der Waals surface area contributed by atoms with E-state index in [2.05, 4.69) is 25.1 Å². The Kier molecular flexibility index (Phi) is 4.44. The number of pyridine rings is 1. The van der Waals surface area contributed by atoms with E-state index in [0.717, 1.165) is 27.8 Å². The van der Waals surface area contributed by atoms with Gasteiger partial charge in [0.05, 0.1) is 5.52 Å². The SMILES string of the molecule is Cc1c(C(=O)O)nc2nc(-c3ccc(-c4ccccc4-c4nc(=O)o[nH]4)cc3)[nH]c2c1C. The van der Waals surface area contributed by atoms with Crippen LogP contribution in [0.3, 0.4) is 0 Å². The third kappa shape index (κ3) is 3.16. The molecule has 0 aliphatic carbocycles. The zero-order chi connectivity index (χ0) is 22.4. The van der Waals surface area contributed by atoms with Crippen LogP contribution in [-0.2, 0) is 0 Å². The molecule has 0 atom stereocenters. The van der Waals surface area contributed by atoms with Crippen molar-refractivity contribution in [3.63, 3.8) is 0 Å². The lowest BCUT2D eigenvalue weighted by Crippen LogP contribution is -2.05. The smallest absolute Gasteiger partial charge is 0.460 e. The Labute approximate surface area is 180 Å². The number of fused-ring (bicyclic) bond motifs is 1. The van der Waals surface area contributed by atoms with E-state index < -0.39 is 11.7 Å². The second-order valence-electron chi connectivity index (χ2n) is 7.35. The van der Waals surface area contributed by atoms with Gasteiger partial charge in [-0.3, -0.25) is 0 Å². The fraction of sp³-hybridized carbons (Fsp3) is 0.0870. The molecule has 0 radical (unpaired) electrons. The van der Waals surface area contributed by atoms with Crippen molar-refractivity contribution < 1.29 is 14.4 Å². The summed E-state index contributed by atoms with van der Waals surface area (Å²) in [6.07, 6.45) is 0. The van der Waals surface area contributed by atoms with Crippen LogP contribution < -0.4 is 5.76 Å². The van der Waals surface area contributed by atoms with Crippen LogP contribution in [0.15, 0.2) is 57.8 Å². The first-order chi connectivity index (χ1) is 15.4. The Morgan fingerprint density at radius 3 is 2.22 bits per heavy atom. The number of aromatic nitrogens is 5. The number of hydrogen-bond acceptors (Lipinski definition) is 6. The zero-order valence-electron chi connectivity index (χ0n) is 17.1. The number of carbonyl (C=O) groups is 1. The van der Waals surface area contributed by atoms with Gasteiger partial charge in [-0.05, 0) is 36.1 Å². The standard InChI is InChI=1S/C23H17N5O4/c1-11-12(2)18(22(29)30)25-21-17(11)24-19(26-21)14-9-7-13(8-10-14)15-5-3-4-6-16(15)20-27-23(31)32-28-20/h3-10H,1-2H3,(H,29,30)(H,24,25,26)(H,27,28,31). The Morgan fingerprint density at radius 1 is 0.875 bits per heavy atom. The summed E-state index contributed by atoms with van der Waals surface area (Å²) in [5.41, 5.74) is 5.87. The van der Waals surface area contributed by atoms with Gasteiger partial charge in [0.2, 0.25) is 0 Å². The van der Waals surface area contributed by atoms with Gasteiger partial charge in [0.15, 0.2) is 17.2 Å². The molecule has 3 N–H and O–H groups in total. The third-order valence-electron chi connectivity index (χ3n) is 5.49. The van der Waals surface area contributed by atoms with E-state index in [1.54, 1.807) is 6.92 Å². The number of carboxylic acids is 1. The zero-order valence-corrected chi connectivity index (χ0v) is 17.1. The van der Waals surface area contributed by atoms with Crippen molar-refractivity contribution in [2.75, 3.05) is 0 Å². The number of aromatic carboxylic acids is 1. The summed E-state index contributed by atoms with van der Waals surface area (Å²) in [5.74, 6) is -0.801. The van der Waals surface area contributed by atoms with E-state index in [1.165, 1.54) is 0 Å². The van der Waals surface area contributed by atoms with Crippen molar-refractivity contribution in [3.8, 4) is 33.9 Å². The highest BCUT2D eigenvalue weighted by Crippen LogP contribution is 2.31. The largest absolute Gasteiger partial charge is 0.477 e. The van der Waals surface area contributed by atoms with Crippen molar-refractivity contribution in [2.45, 2.75) is 13.8 Å². The molecule has 0 bridgehead atoms. The molecular weight excluding hydrogens is 410 g/mol. The van der Waals surface area contributed by atoms with E-state index in [9.17, 15) is 14.7 Å². The summed E-state index contributed by atoms with van der Waals surface area (Å²) < 4.78 is 4.71. The quantitative estimate of drug-likeness (QED) is 0.395. The lowest BCUT2D eigenvalue weighted by atomic mass is 9.98. The monoisotopic (exact) mass is 427 g/mol. The number of aryl methyl sites for hydroxylation is 1. The Balaban J connectivity index is 1.55. The predicted octanol–water partition coefficient (Wildman–Crippen LogP) is 3.95. The van der Waals surface area contributed by atoms with Crippen LogP contribution in [0.2, 0.25) is 0 Å². The minimum Gasteiger partial charge on any atom is -0.477 e. The second kappa shape index (κ2) is 7.31. The van der Waals surface area contributed by atoms with Crippen molar-refractivity contribution in [3.05, 3.63) is 75.9 Å². The summed E-state index contributed by atoms with van der Waals surface area (Å²) in [6.45, 7) is 3.59. The molecule has 9 nitrogen and oxygen atoms in total. The molecular formula is C23H17N5O4. The van der Waals surface area contributed by atoms with E-state index in [4.69, 9.17) is 4.52 Å². The molecule has 5 rings (SSSR count). The van der Waals surface area contributed by atoms with Gasteiger partial charge in [0.25, 0.3) is 0 Å². The molecule has 0 aliphatic heterocycles. The lowest BCUT2D eigenvalue weighted by molar-refractivity contribution is 0.0690. The maximum atomic E-state index is 11.5. The average Bonchev–Trinajstić information content (AvgIpc) is 3.43. The van der Waals surface area contributed by atoms with Gasteiger partial charge in [0.1, 0.15) is 5.82 Å². The van der Waals surface area contributed by atoms with Gasteiger partial charge in [-0.1, -0.05) is 48.5 Å². The molecule has 3 heterocycles. The molecule has 3 aromatic heterocycles. The summed E-state index contributed by atoms with van der Waals surface area (Å²) in [7, 11) is 0. The van der Waals surface area contributed by atoms with E-state index in [1.807, 2.05) is 55.5 Å². The molecule has 0 saturated heterocycles. The summed E-state index contributed by atoms with van der Waals surface area (Å²) >= 11 is 0. The molecule has 0 fully saturated rings. The molecule has 158 valence electrons. The van der Waals surface area contributed by atoms with Gasteiger partial charge in [-0.25, -0.2) is 19.6 Å². The number of nitrogens with one attached hydrogen (secondary N) is 2. The topological polar surface area (TPSA) is 138 Å². The van der Waals surface area contributed by atoms with Gasteiger partial charge in [-0.15, -0.1) is 0 Å². The summed E-state index contributed by atoms with van der Waals surface area (Å²) in [6, 6.07) is 15.3. The molecule has 5 aromatic rings. The highest BCUT2D eigenvalue weighted by molar-refractivity contribution is 5.92. The average molecular weight is 427 g/mol. The molecule has 0 unspecified atom stereocenters. The number of aromatic amines is 2. The first-order valence-corrected chi connectivity index (χ1v) is 9.78. The molecule has 32 heavy (non-hydrogen) atoms. The number of carboxylic acid groups (broad SMARTS) is 1. The Morgan fingerprint density at radius 2 is 1.56 bits per heavy atom. The van der Waals surface area contributed by atoms with Crippen LogP contribution in [0.4, 0.5) is 0 Å². The highest BCUT2D eigenvalue weighted by Gasteiger charge is 2.18. The van der Waals surface area contributed by atoms with E-state index >= 15 is 0 Å². The summed E-state index contributed by atoms with van der Waals surface area (Å²) in [5, 5.41) is 11.9. The minimum atomic E-state index is -1.08. The molecule has 0 aliphatic rings. The number of imidazole rings is 1. The first-order valence-electron chi connectivity index (χ1n) is 9.78. The number of nitrogens with zero attached hydrogens (tertiary/aromatic N) is 3. The van der Waals surface area contributed by atoms with Crippen molar-refractivity contribution >= 4 is 17.1 Å². The van der Waals surface area contributed by atoms with E-state index in [-0.39, 0.29) is 5.69 Å². The third-order valence-corrected chi connectivity index (χ3v) is 5.49. The molecule has 0 spiro atoms. The lowest BCUT2D eigenvalue weighted by Gasteiger charge is -2.07. The second-order valence-corrected chi connectivity index (χ2v) is 7.35. The van der Waals surface area contributed by atoms with Crippen LogP contribution in [0.5, 0.6) is 0 Å². The van der Waals surface area contributed by atoms with Gasteiger partial charge >= 0.3 is 11.7 Å². The maximum Gasteiger partial charge on any atom is 0.460 e. The number of benzene rings is 2. The van der Waals surface area contributed by atoms with Crippen LogP contribution in [-0.4, -0.2) is 36.2 Å². The fourth-order valence-electron chi connectivity index (χ4n) is 3.70.